The second-order valence-corrected chi connectivity index (χ2v) is 5.48. The van der Waals surface area contributed by atoms with Crippen molar-refractivity contribution in [2.24, 2.45) is 0 Å². The Morgan fingerprint density at radius 1 is 1.24 bits per heavy atom. The van der Waals surface area contributed by atoms with Crippen LogP contribution in [0.5, 0.6) is 0 Å². The van der Waals surface area contributed by atoms with Gasteiger partial charge < -0.3 is 9.47 Å². The standard InChI is InChI=1S/C15H22O2/c1-12-11-15(2,3)17-14(16-12)10-9-13-7-5-4-6-8-13/h4-8,12,14H,9-11H2,1-3H3/t12-,14-/m1/s1. The molecule has 1 heterocycles. The van der Waals surface area contributed by atoms with E-state index in [1.165, 1.54) is 5.56 Å². The predicted molar refractivity (Wildman–Crippen MR) is 68.9 cm³/mol. The summed E-state index contributed by atoms with van der Waals surface area (Å²) in [6.45, 7) is 6.41. The molecule has 1 fully saturated rings. The van der Waals surface area contributed by atoms with E-state index in [2.05, 4.69) is 45.0 Å². The van der Waals surface area contributed by atoms with E-state index in [9.17, 15) is 0 Å². The number of benzene rings is 1. The summed E-state index contributed by atoms with van der Waals surface area (Å²) in [5, 5.41) is 0. The number of rotatable bonds is 3. The molecule has 2 nitrogen and oxygen atoms in total. The number of hydrogen-bond acceptors (Lipinski definition) is 2. The van der Waals surface area contributed by atoms with Crippen LogP contribution in [-0.2, 0) is 15.9 Å². The monoisotopic (exact) mass is 234 g/mol. The van der Waals surface area contributed by atoms with Crippen molar-refractivity contribution < 1.29 is 9.47 Å². The van der Waals surface area contributed by atoms with E-state index < -0.39 is 0 Å². The van der Waals surface area contributed by atoms with Gasteiger partial charge in [-0.3, -0.25) is 0 Å². The van der Waals surface area contributed by atoms with Crippen LogP contribution < -0.4 is 0 Å². The third-order valence-corrected chi connectivity index (χ3v) is 3.13. The van der Waals surface area contributed by atoms with Gasteiger partial charge in [-0.15, -0.1) is 0 Å². The Balaban J connectivity index is 1.87. The Morgan fingerprint density at radius 3 is 2.59 bits per heavy atom. The summed E-state index contributed by atoms with van der Waals surface area (Å²) < 4.78 is 11.8. The zero-order valence-electron chi connectivity index (χ0n) is 11.0. The van der Waals surface area contributed by atoms with Crippen LogP contribution in [-0.4, -0.2) is 18.0 Å². The van der Waals surface area contributed by atoms with Crippen molar-refractivity contribution in [2.45, 2.75) is 58.0 Å². The van der Waals surface area contributed by atoms with Crippen LogP contribution in [0.4, 0.5) is 0 Å². The van der Waals surface area contributed by atoms with Crippen molar-refractivity contribution in [1.29, 1.82) is 0 Å². The Hall–Kier alpha value is -0.860. The molecule has 1 aromatic rings. The van der Waals surface area contributed by atoms with E-state index in [0.29, 0.717) is 6.10 Å². The van der Waals surface area contributed by atoms with Gasteiger partial charge in [0.1, 0.15) is 0 Å². The van der Waals surface area contributed by atoms with Gasteiger partial charge in [-0.25, -0.2) is 0 Å². The van der Waals surface area contributed by atoms with Crippen molar-refractivity contribution in [2.75, 3.05) is 0 Å². The molecule has 0 bridgehead atoms. The highest BCUT2D eigenvalue weighted by atomic mass is 16.7. The van der Waals surface area contributed by atoms with Gasteiger partial charge in [0.25, 0.3) is 0 Å². The molecule has 0 aromatic heterocycles. The quantitative estimate of drug-likeness (QED) is 0.796. The lowest BCUT2D eigenvalue weighted by atomic mass is 9.99. The van der Waals surface area contributed by atoms with Gasteiger partial charge in [-0.05, 0) is 32.8 Å². The first-order chi connectivity index (χ1) is 8.05. The smallest absolute Gasteiger partial charge is 0.158 e. The molecule has 1 aliphatic rings. The lowest BCUT2D eigenvalue weighted by Crippen LogP contribution is -2.43. The normalized spacial score (nSPS) is 27.9. The molecular formula is C15H22O2. The molecule has 1 aliphatic heterocycles. The largest absolute Gasteiger partial charge is 0.350 e. The van der Waals surface area contributed by atoms with Crippen molar-refractivity contribution >= 4 is 0 Å². The van der Waals surface area contributed by atoms with Crippen LogP contribution in [0.15, 0.2) is 30.3 Å². The first-order valence-electron chi connectivity index (χ1n) is 6.42. The first kappa shape index (κ1) is 12.6. The first-order valence-corrected chi connectivity index (χ1v) is 6.42. The lowest BCUT2D eigenvalue weighted by molar-refractivity contribution is -0.270. The second kappa shape index (κ2) is 5.19. The van der Waals surface area contributed by atoms with Gasteiger partial charge in [0.15, 0.2) is 6.29 Å². The summed E-state index contributed by atoms with van der Waals surface area (Å²) in [4.78, 5) is 0. The highest BCUT2D eigenvalue weighted by molar-refractivity contribution is 5.14. The molecule has 0 N–H and O–H groups in total. The minimum absolute atomic E-state index is 0.0565. The summed E-state index contributed by atoms with van der Waals surface area (Å²) in [7, 11) is 0. The Morgan fingerprint density at radius 2 is 1.94 bits per heavy atom. The topological polar surface area (TPSA) is 18.5 Å². The molecule has 2 heteroatoms. The average molecular weight is 234 g/mol. The van der Waals surface area contributed by atoms with Gasteiger partial charge in [0.2, 0.25) is 0 Å². The Labute approximate surface area is 104 Å². The maximum atomic E-state index is 5.94. The molecule has 2 rings (SSSR count). The lowest BCUT2D eigenvalue weighted by Gasteiger charge is -2.39. The molecule has 0 unspecified atom stereocenters. The van der Waals surface area contributed by atoms with Gasteiger partial charge >= 0.3 is 0 Å². The van der Waals surface area contributed by atoms with Crippen molar-refractivity contribution in [3.8, 4) is 0 Å². The fraction of sp³-hybridized carbons (Fsp3) is 0.600. The third kappa shape index (κ3) is 3.83. The summed E-state index contributed by atoms with van der Waals surface area (Å²) in [6.07, 6.45) is 3.13. The molecule has 0 saturated carbocycles. The van der Waals surface area contributed by atoms with E-state index in [4.69, 9.17) is 9.47 Å². The number of hydrogen-bond donors (Lipinski definition) is 0. The highest BCUT2D eigenvalue weighted by Gasteiger charge is 2.32. The van der Waals surface area contributed by atoms with Crippen LogP contribution in [0.1, 0.15) is 39.2 Å². The minimum atomic E-state index is -0.0612. The molecule has 94 valence electrons. The van der Waals surface area contributed by atoms with Crippen LogP contribution >= 0.6 is 0 Å². The molecule has 2 atom stereocenters. The maximum Gasteiger partial charge on any atom is 0.158 e. The molecule has 1 aromatic carbocycles. The minimum Gasteiger partial charge on any atom is -0.350 e. The molecule has 1 saturated heterocycles. The van der Waals surface area contributed by atoms with E-state index in [1.54, 1.807) is 0 Å². The number of ether oxygens (including phenoxy) is 2. The van der Waals surface area contributed by atoms with Crippen molar-refractivity contribution in [1.82, 2.24) is 0 Å². The molecule has 0 radical (unpaired) electrons. The van der Waals surface area contributed by atoms with E-state index in [-0.39, 0.29) is 11.9 Å². The summed E-state index contributed by atoms with van der Waals surface area (Å²) in [6, 6.07) is 10.5. The second-order valence-electron chi connectivity index (χ2n) is 5.48. The van der Waals surface area contributed by atoms with Crippen LogP contribution in [0.2, 0.25) is 0 Å². The fourth-order valence-corrected chi connectivity index (χ4v) is 2.49. The molecule has 17 heavy (non-hydrogen) atoms. The zero-order chi connectivity index (χ0) is 12.3. The van der Waals surface area contributed by atoms with Gasteiger partial charge in [-0.1, -0.05) is 30.3 Å². The van der Waals surface area contributed by atoms with Crippen LogP contribution in [0.3, 0.4) is 0 Å². The Bertz CT molecular complexity index is 345. The molecule has 0 spiro atoms. The zero-order valence-corrected chi connectivity index (χ0v) is 11.0. The predicted octanol–water partition coefficient (Wildman–Crippen LogP) is 3.55. The SMILES string of the molecule is C[C@@H]1CC(C)(C)O[C@H](CCc2ccccc2)O1. The Kier molecular flexibility index (Phi) is 3.85. The average Bonchev–Trinajstić information content (AvgIpc) is 2.25. The third-order valence-electron chi connectivity index (χ3n) is 3.13. The summed E-state index contributed by atoms with van der Waals surface area (Å²) in [5.41, 5.74) is 1.29. The van der Waals surface area contributed by atoms with Gasteiger partial charge in [0, 0.05) is 12.8 Å². The van der Waals surface area contributed by atoms with Gasteiger partial charge in [-0.2, -0.15) is 0 Å². The van der Waals surface area contributed by atoms with Crippen LogP contribution in [0, 0.1) is 0 Å². The fourth-order valence-electron chi connectivity index (χ4n) is 2.49. The summed E-state index contributed by atoms with van der Waals surface area (Å²) >= 11 is 0. The number of aryl methyl sites for hydroxylation is 1. The van der Waals surface area contributed by atoms with E-state index in [0.717, 1.165) is 19.3 Å². The summed E-state index contributed by atoms with van der Waals surface area (Å²) in [5.74, 6) is 0. The molecular weight excluding hydrogens is 212 g/mol. The van der Waals surface area contributed by atoms with E-state index >= 15 is 0 Å². The maximum absolute atomic E-state index is 5.94. The molecule has 0 aliphatic carbocycles. The van der Waals surface area contributed by atoms with E-state index in [1.807, 2.05) is 6.07 Å². The highest BCUT2D eigenvalue weighted by Crippen LogP contribution is 2.29. The molecule has 0 amide bonds. The van der Waals surface area contributed by atoms with Crippen LogP contribution in [0.25, 0.3) is 0 Å². The van der Waals surface area contributed by atoms with Crippen molar-refractivity contribution in [3.63, 3.8) is 0 Å². The van der Waals surface area contributed by atoms with Crippen molar-refractivity contribution in [3.05, 3.63) is 35.9 Å². The van der Waals surface area contributed by atoms with Gasteiger partial charge in [0.05, 0.1) is 11.7 Å².